The summed E-state index contributed by atoms with van der Waals surface area (Å²) in [7, 11) is 0. The van der Waals surface area contributed by atoms with E-state index in [1.165, 1.54) is 5.56 Å². The number of halogens is 2. The lowest BCUT2D eigenvalue weighted by molar-refractivity contribution is -0.117. The predicted octanol–water partition coefficient (Wildman–Crippen LogP) is 4.37. The van der Waals surface area contributed by atoms with Gasteiger partial charge in [0.05, 0.1) is 6.54 Å². The van der Waals surface area contributed by atoms with Crippen molar-refractivity contribution < 1.29 is 4.79 Å². The largest absolute Gasteiger partial charge is 0.325 e. The maximum atomic E-state index is 12.4. The van der Waals surface area contributed by atoms with Gasteiger partial charge in [0.15, 0.2) is 0 Å². The summed E-state index contributed by atoms with van der Waals surface area (Å²) < 4.78 is 0. The molecule has 6 heteroatoms. The van der Waals surface area contributed by atoms with E-state index in [2.05, 4.69) is 28.1 Å². The minimum atomic E-state index is 0.0397. The van der Waals surface area contributed by atoms with Crippen molar-refractivity contribution >= 4 is 34.8 Å². The van der Waals surface area contributed by atoms with Crippen molar-refractivity contribution in [2.75, 3.05) is 38.0 Å². The van der Waals surface area contributed by atoms with E-state index in [0.717, 1.165) is 49.5 Å². The summed E-state index contributed by atoms with van der Waals surface area (Å²) in [6.07, 6.45) is 0. The molecule has 1 saturated heterocycles. The van der Waals surface area contributed by atoms with E-state index in [0.29, 0.717) is 16.6 Å². The Labute approximate surface area is 171 Å². The Bertz CT molecular complexity index is 817. The first kappa shape index (κ1) is 20.2. The van der Waals surface area contributed by atoms with Gasteiger partial charge in [-0.05, 0) is 48.7 Å². The van der Waals surface area contributed by atoms with Gasteiger partial charge in [-0.2, -0.15) is 0 Å². The van der Waals surface area contributed by atoms with Gasteiger partial charge < -0.3 is 5.32 Å². The van der Waals surface area contributed by atoms with E-state index < -0.39 is 0 Å². The van der Waals surface area contributed by atoms with Gasteiger partial charge in [-0.25, -0.2) is 0 Å². The second kappa shape index (κ2) is 9.07. The van der Waals surface area contributed by atoms with Crippen LogP contribution in [0, 0.1) is 13.8 Å². The summed E-state index contributed by atoms with van der Waals surface area (Å²) in [4.78, 5) is 16.9. The van der Waals surface area contributed by atoms with E-state index in [-0.39, 0.29) is 5.91 Å². The number of rotatable bonds is 5. The van der Waals surface area contributed by atoms with Crippen LogP contribution in [0.3, 0.4) is 0 Å². The molecule has 1 heterocycles. The average Bonchev–Trinajstić information content (AvgIpc) is 2.63. The molecule has 0 spiro atoms. The van der Waals surface area contributed by atoms with Gasteiger partial charge in [0.2, 0.25) is 5.91 Å². The van der Waals surface area contributed by atoms with Crippen LogP contribution in [0.4, 0.5) is 5.69 Å². The summed E-state index contributed by atoms with van der Waals surface area (Å²) in [5.41, 5.74) is 4.29. The molecular formula is C21H25Cl2N3O. The first-order valence-corrected chi connectivity index (χ1v) is 9.92. The van der Waals surface area contributed by atoms with Crippen LogP contribution < -0.4 is 5.32 Å². The lowest BCUT2D eigenvalue weighted by Gasteiger charge is -2.34. The van der Waals surface area contributed by atoms with Crippen molar-refractivity contribution in [3.05, 3.63) is 63.1 Å². The number of hydrogen-bond acceptors (Lipinski definition) is 3. The van der Waals surface area contributed by atoms with E-state index in [1.807, 2.05) is 31.2 Å². The van der Waals surface area contributed by atoms with Gasteiger partial charge in [-0.1, -0.05) is 41.4 Å². The summed E-state index contributed by atoms with van der Waals surface area (Å²) >= 11 is 12.2. The maximum absolute atomic E-state index is 12.4. The Morgan fingerprint density at radius 3 is 2.44 bits per heavy atom. The molecule has 0 aromatic heterocycles. The third kappa shape index (κ3) is 5.45. The number of anilines is 1. The van der Waals surface area contributed by atoms with E-state index >= 15 is 0 Å². The molecule has 0 radical (unpaired) electrons. The van der Waals surface area contributed by atoms with Gasteiger partial charge in [0, 0.05) is 48.5 Å². The molecule has 144 valence electrons. The third-order valence-electron chi connectivity index (χ3n) is 5.12. The zero-order valence-corrected chi connectivity index (χ0v) is 17.3. The highest BCUT2D eigenvalue weighted by Crippen LogP contribution is 2.23. The fraction of sp³-hybridized carbons (Fsp3) is 0.381. The number of amides is 1. The van der Waals surface area contributed by atoms with Crippen LogP contribution in [0.25, 0.3) is 0 Å². The molecule has 0 unspecified atom stereocenters. The molecule has 3 rings (SSSR count). The lowest BCUT2D eigenvalue weighted by Crippen LogP contribution is -2.48. The fourth-order valence-corrected chi connectivity index (χ4v) is 3.74. The van der Waals surface area contributed by atoms with Crippen molar-refractivity contribution in [3.63, 3.8) is 0 Å². The van der Waals surface area contributed by atoms with Crippen molar-refractivity contribution in [2.45, 2.75) is 20.4 Å². The topological polar surface area (TPSA) is 35.6 Å². The van der Waals surface area contributed by atoms with Crippen LogP contribution in [0.5, 0.6) is 0 Å². The van der Waals surface area contributed by atoms with Crippen molar-refractivity contribution in [1.82, 2.24) is 9.80 Å². The first-order valence-electron chi connectivity index (χ1n) is 9.17. The zero-order chi connectivity index (χ0) is 19.4. The highest BCUT2D eigenvalue weighted by Gasteiger charge is 2.20. The molecule has 1 N–H and O–H groups in total. The standard InChI is InChI=1S/C21H25Cl2N3O/c1-15-4-3-5-20(16(15)2)24-21(27)14-26-10-8-25(9-11-26)13-17-6-7-18(22)12-19(17)23/h3-7,12H,8-11,13-14H2,1-2H3,(H,24,27). The third-order valence-corrected chi connectivity index (χ3v) is 5.71. The highest BCUT2D eigenvalue weighted by atomic mass is 35.5. The second-order valence-electron chi connectivity index (χ2n) is 7.08. The molecule has 4 nitrogen and oxygen atoms in total. The Hall–Kier alpha value is -1.59. The molecular weight excluding hydrogens is 381 g/mol. The summed E-state index contributed by atoms with van der Waals surface area (Å²) in [5, 5.41) is 4.40. The molecule has 0 bridgehead atoms. The number of aryl methyl sites for hydroxylation is 1. The van der Waals surface area contributed by atoms with E-state index in [9.17, 15) is 4.79 Å². The second-order valence-corrected chi connectivity index (χ2v) is 7.93. The summed E-state index contributed by atoms with van der Waals surface area (Å²) in [5.74, 6) is 0.0397. The van der Waals surface area contributed by atoms with Crippen molar-refractivity contribution in [2.24, 2.45) is 0 Å². The maximum Gasteiger partial charge on any atom is 0.238 e. The van der Waals surface area contributed by atoms with Crippen LogP contribution in [0.1, 0.15) is 16.7 Å². The molecule has 1 aliphatic rings. The Morgan fingerprint density at radius 1 is 1.04 bits per heavy atom. The number of piperazine rings is 1. The Balaban J connectivity index is 1.47. The summed E-state index contributed by atoms with van der Waals surface area (Å²) in [6, 6.07) is 11.6. The van der Waals surface area contributed by atoms with Crippen LogP contribution in [0.15, 0.2) is 36.4 Å². The van der Waals surface area contributed by atoms with Gasteiger partial charge in [0.25, 0.3) is 0 Å². The van der Waals surface area contributed by atoms with Gasteiger partial charge in [-0.15, -0.1) is 0 Å². The Morgan fingerprint density at radius 2 is 1.74 bits per heavy atom. The van der Waals surface area contributed by atoms with Crippen LogP contribution >= 0.6 is 23.2 Å². The van der Waals surface area contributed by atoms with Gasteiger partial charge >= 0.3 is 0 Å². The molecule has 1 aliphatic heterocycles. The normalized spacial score (nSPS) is 15.7. The quantitative estimate of drug-likeness (QED) is 0.801. The average molecular weight is 406 g/mol. The molecule has 2 aromatic rings. The minimum Gasteiger partial charge on any atom is -0.325 e. The minimum absolute atomic E-state index is 0.0397. The number of carbonyl (C=O) groups excluding carboxylic acids is 1. The van der Waals surface area contributed by atoms with Crippen molar-refractivity contribution in [3.8, 4) is 0 Å². The van der Waals surface area contributed by atoms with Crippen molar-refractivity contribution in [1.29, 1.82) is 0 Å². The van der Waals surface area contributed by atoms with E-state index in [4.69, 9.17) is 23.2 Å². The van der Waals surface area contributed by atoms with E-state index in [1.54, 1.807) is 6.07 Å². The molecule has 0 atom stereocenters. The molecule has 0 aliphatic carbocycles. The lowest BCUT2D eigenvalue weighted by atomic mass is 10.1. The molecule has 0 saturated carbocycles. The Kier molecular flexibility index (Phi) is 6.77. The monoisotopic (exact) mass is 405 g/mol. The van der Waals surface area contributed by atoms with Gasteiger partial charge in [-0.3, -0.25) is 14.6 Å². The molecule has 27 heavy (non-hydrogen) atoms. The molecule has 1 amide bonds. The first-order chi connectivity index (χ1) is 12.9. The number of benzene rings is 2. The zero-order valence-electron chi connectivity index (χ0n) is 15.8. The highest BCUT2D eigenvalue weighted by molar-refractivity contribution is 6.35. The van der Waals surface area contributed by atoms with Gasteiger partial charge in [0.1, 0.15) is 0 Å². The van der Waals surface area contributed by atoms with Crippen LogP contribution in [-0.2, 0) is 11.3 Å². The number of nitrogens with zero attached hydrogens (tertiary/aromatic N) is 2. The number of nitrogens with one attached hydrogen (secondary N) is 1. The van der Waals surface area contributed by atoms with Crippen LogP contribution in [-0.4, -0.2) is 48.4 Å². The smallest absolute Gasteiger partial charge is 0.238 e. The summed E-state index contributed by atoms with van der Waals surface area (Å²) in [6.45, 7) is 8.87. The van der Waals surface area contributed by atoms with Crippen LogP contribution in [0.2, 0.25) is 10.0 Å². The number of carbonyl (C=O) groups is 1. The molecule has 1 fully saturated rings. The predicted molar refractivity (Wildman–Crippen MR) is 113 cm³/mol. The fourth-order valence-electron chi connectivity index (χ4n) is 3.28. The SMILES string of the molecule is Cc1cccc(NC(=O)CN2CCN(Cc3ccc(Cl)cc3Cl)CC2)c1C. The molecule has 2 aromatic carbocycles. The number of hydrogen-bond donors (Lipinski definition) is 1.